The van der Waals surface area contributed by atoms with Gasteiger partial charge in [0.05, 0.1) is 12.1 Å². The third-order valence-corrected chi connectivity index (χ3v) is 3.54. The number of aromatic nitrogens is 1. The predicted molar refractivity (Wildman–Crippen MR) is 80.4 cm³/mol. The molecule has 0 saturated heterocycles. The number of alkyl halides is 3. The minimum atomic E-state index is -4.80. The van der Waals surface area contributed by atoms with E-state index in [0.717, 1.165) is 11.6 Å². The fourth-order valence-corrected chi connectivity index (χ4v) is 2.57. The van der Waals surface area contributed by atoms with Gasteiger partial charge in [0, 0.05) is 11.8 Å². The van der Waals surface area contributed by atoms with E-state index in [2.05, 4.69) is 0 Å². The van der Waals surface area contributed by atoms with E-state index in [1.54, 1.807) is 6.20 Å². The molecular weight excluding hydrogens is 326 g/mol. The fraction of sp³-hybridized carbons (Fsp3) is 0.353. The molecule has 1 heterocycles. The molecule has 0 saturated carbocycles. The van der Waals surface area contributed by atoms with E-state index in [0.29, 0.717) is 12.5 Å². The van der Waals surface area contributed by atoms with E-state index in [-0.39, 0.29) is 23.7 Å². The summed E-state index contributed by atoms with van der Waals surface area (Å²) in [5.74, 6) is -2.30. The molecule has 0 radical (unpaired) electrons. The van der Waals surface area contributed by atoms with Crippen molar-refractivity contribution in [2.24, 2.45) is 5.92 Å². The first-order chi connectivity index (χ1) is 11.1. The number of benzene rings is 1. The van der Waals surface area contributed by atoms with Crippen LogP contribution < -0.4 is 0 Å². The second-order valence-electron chi connectivity index (χ2n) is 6.04. The monoisotopic (exact) mass is 343 g/mol. The summed E-state index contributed by atoms with van der Waals surface area (Å²) in [5.41, 5.74) is -0.900. The maximum absolute atomic E-state index is 14.1. The molecular formula is C17H17F4NO2. The van der Waals surface area contributed by atoms with Gasteiger partial charge in [0.25, 0.3) is 0 Å². The number of aromatic carboxylic acids is 1. The largest absolute Gasteiger partial charge is 0.477 e. The van der Waals surface area contributed by atoms with Crippen molar-refractivity contribution in [3.8, 4) is 0 Å². The third kappa shape index (κ3) is 3.96. The second kappa shape index (κ2) is 6.67. The summed E-state index contributed by atoms with van der Waals surface area (Å²) in [6.45, 7) is 3.64. The van der Waals surface area contributed by atoms with E-state index < -0.39 is 23.5 Å². The van der Waals surface area contributed by atoms with Crippen LogP contribution >= 0.6 is 0 Å². The van der Waals surface area contributed by atoms with Gasteiger partial charge >= 0.3 is 12.1 Å². The summed E-state index contributed by atoms with van der Waals surface area (Å²) >= 11 is 0. The molecule has 1 aromatic heterocycles. The molecule has 24 heavy (non-hydrogen) atoms. The summed E-state index contributed by atoms with van der Waals surface area (Å²) in [6.07, 6.45) is -2.63. The first-order valence-electron chi connectivity index (χ1n) is 7.36. The van der Waals surface area contributed by atoms with E-state index in [1.807, 2.05) is 13.8 Å². The Morgan fingerprint density at radius 3 is 2.50 bits per heavy atom. The molecule has 0 aliphatic carbocycles. The zero-order valence-corrected chi connectivity index (χ0v) is 13.2. The Kier molecular flexibility index (Phi) is 5.01. The van der Waals surface area contributed by atoms with E-state index in [9.17, 15) is 27.5 Å². The number of carboxylic acid groups (broad SMARTS) is 1. The Morgan fingerprint density at radius 1 is 1.29 bits per heavy atom. The highest BCUT2D eigenvalue weighted by Crippen LogP contribution is 2.32. The number of hydrogen-bond acceptors (Lipinski definition) is 1. The standard InChI is InChI=1S/C17H17F4NO2/c1-10(2)6-11-7-14(16(23)24)22(8-11)9-12-4-3-5-13(15(12)18)17(19,20)21/h3-5,7-8,10H,6,9H2,1-2H3,(H,23,24). The molecule has 0 fully saturated rings. The highest BCUT2D eigenvalue weighted by atomic mass is 19.4. The van der Waals surface area contributed by atoms with Crippen molar-refractivity contribution in [2.75, 3.05) is 0 Å². The molecule has 130 valence electrons. The average Bonchev–Trinajstić information content (AvgIpc) is 2.81. The van der Waals surface area contributed by atoms with Gasteiger partial charge in [-0.2, -0.15) is 13.2 Å². The molecule has 1 N–H and O–H groups in total. The van der Waals surface area contributed by atoms with Gasteiger partial charge in [-0.1, -0.05) is 26.0 Å². The summed E-state index contributed by atoms with van der Waals surface area (Å²) in [6, 6.07) is 4.46. The summed E-state index contributed by atoms with van der Waals surface area (Å²) in [7, 11) is 0. The van der Waals surface area contributed by atoms with Crippen LogP contribution in [0.4, 0.5) is 17.6 Å². The van der Waals surface area contributed by atoms with Crippen LogP contribution in [-0.2, 0) is 19.1 Å². The minimum Gasteiger partial charge on any atom is -0.477 e. The van der Waals surface area contributed by atoms with Gasteiger partial charge < -0.3 is 9.67 Å². The Hall–Kier alpha value is -2.31. The lowest BCUT2D eigenvalue weighted by Crippen LogP contribution is -2.13. The molecule has 0 aliphatic heterocycles. The lowest BCUT2D eigenvalue weighted by atomic mass is 10.1. The average molecular weight is 343 g/mol. The fourth-order valence-electron chi connectivity index (χ4n) is 2.57. The van der Waals surface area contributed by atoms with Gasteiger partial charge in [0.1, 0.15) is 11.5 Å². The maximum atomic E-state index is 14.1. The van der Waals surface area contributed by atoms with Crippen LogP contribution in [0.5, 0.6) is 0 Å². The van der Waals surface area contributed by atoms with Crippen LogP contribution in [0.25, 0.3) is 0 Å². The van der Waals surface area contributed by atoms with Gasteiger partial charge in [-0.3, -0.25) is 0 Å². The SMILES string of the molecule is CC(C)Cc1cc(C(=O)O)n(Cc2cccc(C(F)(F)F)c2F)c1. The van der Waals surface area contributed by atoms with E-state index >= 15 is 0 Å². The lowest BCUT2D eigenvalue weighted by molar-refractivity contribution is -0.140. The molecule has 3 nitrogen and oxygen atoms in total. The smallest absolute Gasteiger partial charge is 0.419 e. The Morgan fingerprint density at radius 2 is 1.96 bits per heavy atom. The summed E-state index contributed by atoms with van der Waals surface area (Å²) in [5, 5.41) is 9.25. The number of carboxylic acids is 1. The molecule has 1 aromatic carbocycles. The maximum Gasteiger partial charge on any atom is 0.419 e. The van der Waals surface area contributed by atoms with Gasteiger partial charge in [-0.25, -0.2) is 9.18 Å². The Balaban J connectivity index is 2.41. The van der Waals surface area contributed by atoms with E-state index in [4.69, 9.17) is 0 Å². The molecule has 0 unspecified atom stereocenters. The molecule has 0 aliphatic rings. The van der Waals surface area contributed by atoms with Crippen molar-refractivity contribution in [1.29, 1.82) is 0 Å². The normalized spacial score (nSPS) is 12.0. The highest BCUT2D eigenvalue weighted by molar-refractivity contribution is 5.86. The topological polar surface area (TPSA) is 42.2 Å². The first kappa shape index (κ1) is 18.0. The van der Waals surface area contributed by atoms with Crippen LogP contribution in [0, 0.1) is 11.7 Å². The van der Waals surface area contributed by atoms with E-state index in [1.165, 1.54) is 16.7 Å². The number of halogens is 4. The van der Waals surface area contributed by atoms with Crippen LogP contribution in [0.3, 0.4) is 0 Å². The molecule has 7 heteroatoms. The number of hydrogen-bond donors (Lipinski definition) is 1. The first-order valence-corrected chi connectivity index (χ1v) is 7.36. The molecule has 2 rings (SSSR count). The van der Waals surface area contributed by atoms with Crippen molar-refractivity contribution in [3.63, 3.8) is 0 Å². The molecule has 0 amide bonds. The van der Waals surface area contributed by atoms with Gasteiger partial charge in [-0.05, 0) is 30.0 Å². The Bertz CT molecular complexity index is 748. The summed E-state index contributed by atoms with van der Waals surface area (Å²) in [4.78, 5) is 11.3. The quantitative estimate of drug-likeness (QED) is 0.807. The second-order valence-corrected chi connectivity index (χ2v) is 6.04. The predicted octanol–water partition coefficient (Wildman–Crippen LogP) is 4.59. The lowest BCUT2D eigenvalue weighted by Gasteiger charge is -2.12. The molecule has 0 spiro atoms. The van der Waals surface area contributed by atoms with Crippen LogP contribution in [-0.4, -0.2) is 15.6 Å². The minimum absolute atomic E-state index is 0.0811. The van der Waals surface area contributed by atoms with Crippen LogP contribution in [0.1, 0.15) is 41.0 Å². The van der Waals surface area contributed by atoms with Crippen molar-refractivity contribution in [2.45, 2.75) is 33.0 Å². The van der Waals surface area contributed by atoms with Gasteiger partial charge in [0.2, 0.25) is 0 Å². The van der Waals surface area contributed by atoms with Crippen molar-refractivity contribution >= 4 is 5.97 Å². The number of nitrogens with zero attached hydrogens (tertiary/aromatic N) is 1. The van der Waals surface area contributed by atoms with Crippen molar-refractivity contribution in [1.82, 2.24) is 4.57 Å². The summed E-state index contributed by atoms with van der Waals surface area (Å²) < 4.78 is 53.7. The van der Waals surface area contributed by atoms with Crippen LogP contribution in [0.15, 0.2) is 30.5 Å². The highest BCUT2D eigenvalue weighted by Gasteiger charge is 2.34. The number of rotatable bonds is 5. The Labute approximate surface area is 136 Å². The molecule has 2 aromatic rings. The zero-order valence-electron chi connectivity index (χ0n) is 13.2. The van der Waals surface area contributed by atoms with Gasteiger partial charge in [-0.15, -0.1) is 0 Å². The third-order valence-electron chi connectivity index (χ3n) is 3.54. The van der Waals surface area contributed by atoms with Gasteiger partial charge in [0.15, 0.2) is 0 Å². The zero-order chi connectivity index (χ0) is 18.1. The van der Waals surface area contributed by atoms with Crippen molar-refractivity contribution < 1.29 is 27.5 Å². The molecule has 0 bridgehead atoms. The number of carbonyl (C=O) groups is 1. The van der Waals surface area contributed by atoms with Crippen molar-refractivity contribution in [3.05, 3.63) is 58.7 Å². The molecule has 0 atom stereocenters. The van der Waals surface area contributed by atoms with Crippen LogP contribution in [0.2, 0.25) is 0 Å².